The first-order valence-electron chi connectivity index (χ1n) is 3.57. The Morgan fingerprint density at radius 3 is 2.92 bits per heavy atom. The molecule has 0 fully saturated rings. The molecule has 0 atom stereocenters. The van der Waals surface area contributed by atoms with Crippen LogP contribution in [0.3, 0.4) is 0 Å². The number of fused-ring (bicyclic) bond motifs is 1. The van der Waals surface area contributed by atoms with Crippen LogP contribution in [-0.4, -0.2) is 11.4 Å². The van der Waals surface area contributed by atoms with Gasteiger partial charge in [0.15, 0.2) is 6.29 Å². The summed E-state index contributed by atoms with van der Waals surface area (Å²) in [6.07, 6.45) is 0.769. The first-order chi connectivity index (χ1) is 6.22. The highest BCUT2D eigenvalue weighted by molar-refractivity contribution is 14.1. The van der Waals surface area contributed by atoms with E-state index in [1.165, 1.54) is 11.3 Å². The van der Waals surface area contributed by atoms with Gasteiger partial charge in [0.25, 0.3) is 0 Å². The minimum atomic E-state index is 0.185. The molecule has 4 heteroatoms. The summed E-state index contributed by atoms with van der Waals surface area (Å²) >= 11 is 3.60. The highest BCUT2D eigenvalue weighted by Crippen LogP contribution is 2.33. The molecule has 66 valence electrons. The summed E-state index contributed by atoms with van der Waals surface area (Å²) in [4.78, 5) is 10.6. The summed E-state index contributed by atoms with van der Waals surface area (Å²) in [5, 5.41) is 12.0. The number of aldehydes is 1. The second-order valence-electron chi connectivity index (χ2n) is 2.61. The lowest BCUT2D eigenvalue weighted by molar-refractivity contribution is 0.112. The van der Waals surface area contributed by atoms with Crippen LogP contribution in [0.15, 0.2) is 17.5 Å². The Hall–Kier alpha value is -0.620. The van der Waals surface area contributed by atoms with Crippen LogP contribution in [0.5, 0.6) is 5.75 Å². The van der Waals surface area contributed by atoms with Crippen LogP contribution in [0, 0.1) is 3.57 Å². The van der Waals surface area contributed by atoms with Gasteiger partial charge in [-0.1, -0.05) is 0 Å². The monoisotopic (exact) mass is 304 g/mol. The number of aromatic hydroxyl groups is 1. The van der Waals surface area contributed by atoms with E-state index in [4.69, 9.17) is 0 Å². The van der Waals surface area contributed by atoms with Gasteiger partial charge in [-0.05, 0) is 34.7 Å². The lowest BCUT2D eigenvalue weighted by Gasteiger charge is -1.97. The number of benzene rings is 1. The highest BCUT2D eigenvalue weighted by atomic mass is 127. The second kappa shape index (κ2) is 3.26. The fourth-order valence-electron chi connectivity index (χ4n) is 1.22. The average molecular weight is 304 g/mol. The molecule has 1 aromatic carbocycles. The average Bonchev–Trinajstić information content (AvgIpc) is 2.47. The first kappa shape index (κ1) is 8.96. The quantitative estimate of drug-likeness (QED) is 0.649. The molecule has 0 bridgehead atoms. The Kier molecular flexibility index (Phi) is 2.25. The summed E-state index contributed by atoms with van der Waals surface area (Å²) in [6.45, 7) is 0. The van der Waals surface area contributed by atoms with Gasteiger partial charge in [0, 0.05) is 24.6 Å². The van der Waals surface area contributed by atoms with Crippen molar-refractivity contribution in [2.24, 2.45) is 0 Å². The van der Waals surface area contributed by atoms with Crippen molar-refractivity contribution < 1.29 is 9.90 Å². The van der Waals surface area contributed by atoms with Gasteiger partial charge in [-0.25, -0.2) is 0 Å². The highest BCUT2D eigenvalue weighted by Gasteiger charge is 2.08. The molecule has 0 aliphatic carbocycles. The molecule has 2 aromatic rings. The van der Waals surface area contributed by atoms with Gasteiger partial charge in [-0.3, -0.25) is 4.79 Å². The van der Waals surface area contributed by atoms with Gasteiger partial charge in [-0.15, -0.1) is 11.3 Å². The molecule has 0 spiro atoms. The van der Waals surface area contributed by atoms with E-state index in [0.29, 0.717) is 10.9 Å². The Bertz CT molecular complexity index is 476. The predicted molar refractivity (Wildman–Crippen MR) is 61.6 cm³/mol. The zero-order chi connectivity index (χ0) is 9.42. The molecule has 1 N–H and O–H groups in total. The van der Waals surface area contributed by atoms with Crippen LogP contribution in [0.2, 0.25) is 0 Å². The van der Waals surface area contributed by atoms with E-state index >= 15 is 0 Å². The molecular formula is C9H5IO2S. The van der Waals surface area contributed by atoms with Crippen molar-refractivity contribution in [2.45, 2.75) is 0 Å². The normalized spacial score (nSPS) is 10.5. The largest absolute Gasteiger partial charge is 0.507 e. The predicted octanol–water partition coefficient (Wildman–Crippen LogP) is 3.02. The molecule has 13 heavy (non-hydrogen) atoms. The van der Waals surface area contributed by atoms with Crippen LogP contribution in [0.25, 0.3) is 10.1 Å². The number of phenolic OH excluding ortho intramolecular Hbond substituents is 1. The maximum Gasteiger partial charge on any atom is 0.151 e. The van der Waals surface area contributed by atoms with Crippen molar-refractivity contribution in [3.05, 3.63) is 26.6 Å². The van der Waals surface area contributed by atoms with Gasteiger partial charge in [0.05, 0.1) is 0 Å². The third-order valence-corrected chi connectivity index (χ3v) is 3.35. The summed E-state index contributed by atoms with van der Waals surface area (Å²) < 4.78 is 1.92. The topological polar surface area (TPSA) is 37.3 Å². The van der Waals surface area contributed by atoms with Crippen molar-refractivity contribution in [2.75, 3.05) is 0 Å². The van der Waals surface area contributed by atoms with Crippen LogP contribution < -0.4 is 0 Å². The van der Waals surface area contributed by atoms with E-state index < -0.39 is 0 Å². The number of carbonyl (C=O) groups excluding carboxylic acids is 1. The van der Waals surface area contributed by atoms with Gasteiger partial charge in [0.1, 0.15) is 5.75 Å². The summed E-state index contributed by atoms with van der Waals surface area (Å²) in [6, 6.07) is 3.61. The minimum absolute atomic E-state index is 0.185. The SMILES string of the molecule is O=Cc1csc2cc(I)cc(O)c12. The number of rotatable bonds is 1. The maximum atomic E-state index is 10.6. The number of hydrogen-bond acceptors (Lipinski definition) is 3. The van der Waals surface area contributed by atoms with E-state index in [2.05, 4.69) is 22.6 Å². The third kappa shape index (κ3) is 1.44. The zero-order valence-electron chi connectivity index (χ0n) is 6.45. The smallest absolute Gasteiger partial charge is 0.151 e. The molecule has 0 unspecified atom stereocenters. The van der Waals surface area contributed by atoms with Crippen molar-refractivity contribution in [1.29, 1.82) is 0 Å². The molecule has 0 amide bonds. The fraction of sp³-hybridized carbons (Fsp3) is 0. The van der Waals surface area contributed by atoms with Gasteiger partial charge in [-0.2, -0.15) is 0 Å². The molecule has 0 radical (unpaired) electrons. The third-order valence-electron chi connectivity index (χ3n) is 1.77. The maximum absolute atomic E-state index is 10.6. The number of carbonyl (C=O) groups is 1. The Morgan fingerprint density at radius 2 is 2.23 bits per heavy atom. The van der Waals surface area contributed by atoms with Crippen LogP contribution in [0.4, 0.5) is 0 Å². The molecular weight excluding hydrogens is 299 g/mol. The molecule has 1 heterocycles. The first-order valence-corrected chi connectivity index (χ1v) is 5.53. The van der Waals surface area contributed by atoms with Gasteiger partial charge >= 0.3 is 0 Å². The van der Waals surface area contributed by atoms with Crippen LogP contribution in [-0.2, 0) is 0 Å². The molecule has 0 aliphatic heterocycles. The lowest BCUT2D eigenvalue weighted by Crippen LogP contribution is -1.77. The summed E-state index contributed by atoms with van der Waals surface area (Å²) in [5.41, 5.74) is 0.564. The van der Waals surface area contributed by atoms with Crippen molar-refractivity contribution in [3.8, 4) is 5.75 Å². The Labute approximate surface area is 92.3 Å². The second-order valence-corrected chi connectivity index (χ2v) is 4.76. The fourth-order valence-corrected chi connectivity index (χ4v) is 3.00. The Morgan fingerprint density at radius 1 is 1.46 bits per heavy atom. The van der Waals surface area contributed by atoms with E-state index in [1.54, 1.807) is 11.4 Å². The Balaban J connectivity index is 2.89. The van der Waals surface area contributed by atoms with Crippen LogP contribution >= 0.6 is 33.9 Å². The van der Waals surface area contributed by atoms with E-state index in [0.717, 1.165) is 14.6 Å². The molecule has 0 aliphatic rings. The minimum Gasteiger partial charge on any atom is -0.507 e. The molecule has 0 saturated carbocycles. The standard InChI is InChI=1S/C9H5IO2S/c10-6-1-7(12)9-5(3-11)4-13-8(9)2-6/h1-4,12H. The molecule has 0 saturated heterocycles. The number of phenols is 1. The molecule has 2 rings (SSSR count). The zero-order valence-corrected chi connectivity index (χ0v) is 9.43. The summed E-state index contributed by atoms with van der Waals surface area (Å²) in [7, 11) is 0. The van der Waals surface area contributed by atoms with E-state index in [9.17, 15) is 9.90 Å². The van der Waals surface area contributed by atoms with Crippen molar-refractivity contribution in [3.63, 3.8) is 0 Å². The number of hydrogen-bond donors (Lipinski definition) is 1. The summed E-state index contributed by atoms with van der Waals surface area (Å²) in [5.74, 6) is 0.185. The van der Waals surface area contributed by atoms with Gasteiger partial charge in [0.2, 0.25) is 0 Å². The van der Waals surface area contributed by atoms with E-state index in [-0.39, 0.29) is 5.75 Å². The number of halogens is 1. The molecule has 2 nitrogen and oxygen atoms in total. The van der Waals surface area contributed by atoms with Crippen molar-refractivity contribution >= 4 is 50.3 Å². The molecule has 1 aromatic heterocycles. The van der Waals surface area contributed by atoms with Crippen LogP contribution in [0.1, 0.15) is 10.4 Å². The van der Waals surface area contributed by atoms with E-state index in [1.807, 2.05) is 6.07 Å². The number of thiophene rings is 1. The van der Waals surface area contributed by atoms with Gasteiger partial charge < -0.3 is 5.11 Å². The lowest BCUT2D eigenvalue weighted by atomic mass is 10.2. The van der Waals surface area contributed by atoms with Crippen molar-refractivity contribution in [1.82, 2.24) is 0 Å².